The normalized spacial score (nSPS) is 10.4. The second-order valence-corrected chi connectivity index (χ2v) is 3.69. The van der Waals surface area contributed by atoms with Gasteiger partial charge in [0.05, 0.1) is 12.3 Å². The predicted octanol–water partition coefficient (Wildman–Crippen LogP) is 1.21. The van der Waals surface area contributed by atoms with Crippen LogP contribution in [0.15, 0.2) is 36.5 Å². The van der Waals surface area contributed by atoms with Gasteiger partial charge in [-0.3, -0.25) is 4.68 Å². The highest BCUT2D eigenvalue weighted by Gasteiger charge is 1.98. The summed E-state index contributed by atoms with van der Waals surface area (Å²) in [6, 6.07) is 9.78. The summed E-state index contributed by atoms with van der Waals surface area (Å²) in [4.78, 5) is 0. The quantitative estimate of drug-likeness (QED) is 0.760. The van der Waals surface area contributed by atoms with E-state index in [0.29, 0.717) is 13.2 Å². The highest BCUT2D eigenvalue weighted by atomic mass is 16.5. The van der Waals surface area contributed by atoms with Crippen LogP contribution in [0.25, 0.3) is 0 Å². The molecule has 17 heavy (non-hydrogen) atoms. The van der Waals surface area contributed by atoms with Gasteiger partial charge in [-0.2, -0.15) is 0 Å². The van der Waals surface area contributed by atoms with Gasteiger partial charge in [0, 0.05) is 25.7 Å². The van der Waals surface area contributed by atoms with Gasteiger partial charge in [0.2, 0.25) is 0 Å². The lowest BCUT2D eigenvalue weighted by molar-refractivity contribution is 0.298. The Kier molecular flexibility index (Phi) is 4.10. The molecule has 0 unspecified atom stereocenters. The molecule has 90 valence electrons. The smallest absolute Gasteiger partial charge is 0.119 e. The molecule has 0 aliphatic carbocycles. The monoisotopic (exact) mass is 232 g/mol. The van der Waals surface area contributed by atoms with Crippen LogP contribution in [-0.2, 0) is 13.1 Å². The molecule has 0 amide bonds. The summed E-state index contributed by atoms with van der Waals surface area (Å²) in [5, 5.41) is 7.88. The van der Waals surface area contributed by atoms with E-state index in [1.165, 1.54) is 0 Å². The molecule has 0 aliphatic heterocycles. The maximum Gasteiger partial charge on any atom is 0.119 e. The topological polar surface area (TPSA) is 66.0 Å². The molecule has 2 rings (SSSR count). The van der Waals surface area contributed by atoms with E-state index in [9.17, 15) is 0 Å². The minimum atomic E-state index is 0.431. The number of hydrogen-bond donors (Lipinski definition) is 1. The van der Waals surface area contributed by atoms with Crippen LogP contribution in [0.4, 0.5) is 0 Å². The zero-order valence-electron chi connectivity index (χ0n) is 9.62. The summed E-state index contributed by atoms with van der Waals surface area (Å²) in [5.41, 5.74) is 6.27. The Hall–Kier alpha value is -1.88. The lowest BCUT2D eigenvalue weighted by Gasteiger charge is -2.05. The number of para-hydroxylation sites is 1. The molecule has 0 bridgehead atoms. The van der Waals surface area contributed by atoms with Crippen molar-refractivity contribution in [3.05, 3.63) is 42.2 Å². The molecule has 2 N–H and O–H groups in total. The molecule has 1 heterocycles. The van der Waals surface area contributed by atoms with Crippen LogP contribution in [0.1, 0.15) is 12.1 Å². The van der Waals surface area contributed by atoms with Crippen molar-refractivity contribution >= 4 is 0 Å². The molecule has 0 atom stereocenters. The molecule has 2 aromatic rings. The van der Waals surface area contributed by atoms with Crippen LogP contribution in [-0.4, -0.2) is 21.6 Å². The van der Waals surface area contributed by atoms with E-state index >= 15 is 0 Å². The van der Waals surface area contributed by atoms with Gasteiger partial charge in [-0.05, 0) is 12.1 Å². The van der Waals surface area contributed by atoms with E-state index in [0.717, 1.165) is 24.4 Å². The fraction of sp³-hybridized carbons (Fsp3) is 0.333. The number of nitrogens with two attached hydrogens (primary N) is 1. The fourth-order valence-corrected chi connectivity index (χ4v) is 1.47. The first-order chi connectivity index (χ1) is 8.38. The third kappa shape index (κ3) is 3.57. The van der Waals surface area contributed by atoms with Gasteiger partial charge in [0.1, 0.15) is 5.75 Å². The third-order valence-electron chi connectivity index (χ3n) is 2.34. The van der Waals surface area contributed by atoms with Gasteiger partial charge in [0.15, 0.2) is 0 Å². The first kappa shape index (κ1) is 11.6. The molecule has 0 saturated carbocycles. The fourth-order valence-electron chi connectivity index (χ4n) is 1.47. The maximum atomic E-state index is 5.57. The molecule has 1 aromatic carbocycles. The Labute approximate surface area is 100 Å². The first-order valence-electron chi connectivity index (χ1n) is 5.65. The highest BCUT2D eigenvalue weighted by molar-refractivity contribution is 5.20. The molecule has 0 saturated heterocycles. The molecule has 1 aromatic heterocycles. The van der Waals surface area contributed by atoms with Crippen LogP contribution in [0.5, 0.6) is 5.75 Å². The minimum absolute atomic E-state index is 0.431. The largest absolute Gasteiger partial charge is 0.494 e. The van der Waals surface area contributed by atoms with E-state index in [-0.39, 0.29) is 0 Å². The van der Waals surface area contributed by atoms with Crippen LogP contribution >= 0.6 is 0 Å². The maximum absolute atomic E-state index is 5.57. The zero-order valence-corrected chi connectivity index (χ0v) is 9.62. The van der Waals surface area contributed by atoms with Gasteiger partial charge in [-0.25, -0.2) is 0 Å². The van der Waals surface area contributed by atoms with Crippen molar-refractivity contribution < 1.29 is 4.74 Å². The van der Waals surface area contributed by atoms with E-state index in [1.54, 1.807) is 4.68 Å². The molecule has 5 heteroatoms. The summed E-state index contributed by atoms with van der Waals surface area (Å²) < 4.78 is 7.36. The highest BCUT2D eigenvalue weighted by Crippen LogP contribution is 2.08. The lowest BCUT2D eigenvalue weighted by atomic mass is 10.3. The molecule has 0 aliphatic rings. The minimum Gasteiger partial charge on any atom is -0.494 e. The number of rotatable bonds is 6. The first-order valence-corrected chi connectivity index (χ1v) is 5.65. The molecule has 0 fully saturated rings. The van der Waals surface area contributed by atoms with Gasteiger partial charge in [0.25, 0.3) is 0 Å². The van der Waals surface area contributed by atoms with Crippen LogP contribution < -0.4 is 10.5 Å². The molecule has 0 spiro atoms. The van der Waals surface area contributed by atoms with Crippen LogP contribution in [0.2, 0.25) is 0 Å². The lowest BCUT2D eigenvalue weighted by Crippen LogP contribution is -2.05. The molecular weight excluding hydrogens is 216 g/mol. The number of aryl methyl sites for hydroxylation is 1. The number of ether oxygens (including phenoxy) is 1. The SMILES string of the molecule is NCc1cn(CCCOc2ccccc2)nn1. The van der Waals surface area contributed by atoms with E-state index in [2.05, 4.69) is 10.3 Å². The second kappa shape index (κ2) is 6.00. The second-order valence-electron chi connectivity index (χ2n) is 3.69. The average Bonchev–Trinajstić information content (AvgIpc) is 2.84. The molecular formula is C12H16N4O. The summed E-state index contributed by atoms with van der Waals surface area (Å²) in [5.74, 6) is 0.897. The van der Waals surface area contributed by atoms with Crippen molar-refractivity contribution in [1.82, 2.24) is 15.0 Å². The van der Waals surface area contributed by atoms with Crippen molar-refractivity contribution in [2.75, 3.05) is 6.61 Å². The summed E-state index contributed by atoms with van der Waals surface area (Å²) >= 11 is 0. The van der Waals surface area contributed by atoms with Crippen molar-refractivity contribution in [3.8, 4) is 5.75 Å². The number of hydrogen-bond acceptors (Lipinski definition) is 4. The van der Waals surface area contributed by atoms with Crippen LogP contribution in [0.3, 0.4) is 0 Å². The van der Waals surface area contributed by atoms with Gasteiger partial charge in [-0.1, -0.05) is 23.4 Å². The Bertz CT molecular complexity index is 441. The van der Waals surface area contributed by atoms with E-state index in [1.807, 2.05) is 36.5 Å². The number of nitrogens with zero attached hydrogens (tertiary/aromatic N) is 3. The summed E-state index contributed by atoms with van der Waals surface area (Å²) in [7, 11) is 0. The number of benzene rings is 1. The van der Waals surface area contributed by atoms with Gasteiger partial charge < -0.3 is 10.5 Å². The van der Waals surface area contributed by atoms with Crippen LogP contribution in [0, 0.1) is 0 Å². The third-order valence-corrected chi connectivity index (χ3v) is 2.34. The Morgan fingerprint density at radius 3 is 2.76 bits per heavy atom. The van der Waals surface area contributed by atoms with E-state index < -0.39 is 0 Å². The zero-order chi connectivity index (χ0) is 11.9. The van der Waals surface area contributed by atoms with Gasteiger partial charge in [-0.15, -0.1) is 5.10 Å². The van der Waals surface area contributed by atoms with Crippen molar-refractivity contribution in [3.63, 3.8) is 0 Å². The average molecular weight is 232 g/mol. The van der Waals surface area contributed by atoms with Crippen molar-refractivity contribution in [1.29, 1.82) is 0 Å². The Balaban J connectivity index is 1.69. The van der Waals surface area contributed by atoms with Crippen molar-refractivity contribution in [2.24, 2.45) is 5.73 Å². The van der Waals surface area contributed by atoms with Crippen molar-refractivity contribution in [2.45, 2.75) is 19.5 Å². The Morgan fingerprint density at radius 1 is 1.24 bits per heavy atom. The predicted molar refractivity (Wildman–Crippen MR) is 64.5 cm³/mol. The molecule has 5 nitrogen and oxygen atoms in total. The Morgan fingerprint density at radius 2 is 2.06 bits per heavy atom. The molecule has 0 radical (unpaired) electrons. The summed E-state index contributed by atoms with van der Waals surface area (Å²) in [6.45, 7) is 1.89. The summed E-state index contributed by atoms with van der Waals surface area (Å²) in [6.07, 6.45) is 2.75. The van der Waals surface area contributed by atoms with E-state index in [4.69, 9.17) is 10.5 Å². The van der Waals surface area contributed by atoms with Gasteiger partial charge >= 0.3 is 0 Å². The standard InChI is InChI=1S/C12H16N4O/c13-9-11-10-16(15-14-11)7-4-8-17-12-5-2-1-3-6-12/h1-3,5-6,10H,4,7-9,13H2. The number of aromatic nitrogens is 3.